The zero-order chi connectivity index (χ0) is 32.4. The molecule has 3 N–H and O–H groups in total. The highest BCUT2D eigenvalue weighted by Gasteiger charge is 2.44. The molecule has 0 unspecified atom stereocenters. The molecule has 6 rings (SSSR count). The van der Waals surface area contributed by atoms with E-state index in [9.17, 15) is 23.2 Å². The Kier molecular flexibility index (Phi) is 9.34. The number of anilines is 1. The lowest BCUT2D eigenvalue weighted by Gasteiger charge is -2.40. The highest BCUT2D eigenvalue weighted by Crippen LogP contribution is 2.32. The number of ether oxygens (including phenoxy) is 1. The van der Waals surface area contributed by atoms with Gasteiger partial charge in [0.2, 0.25) is 11.7 Å². The van der Waals surface area contributed by atoms with Crippen molar-refractivity contribution in [3.05, 3.63) is 64.6 Å². The van der Waals surface area contributed by atoms with Crippen molar-refractivity contribution in [1.82, 2.24) is 24.7 Å². The van der Waals surface area contributed by atoms with Crippen LogP contribution in [0.15, 0.2) is 36.5 Å². The van der Waals surface area contributed by atoms with Crippen molar-refractivity contribution >= 4 is 41.5 Å². The zero-order valence-corrected chi connectivity index (χ0v) is 25.2. The molecular weight excluding hydrogens is 614 g/mol. The van der Waals surface area contributed by atoms with E-state index in [1.807, 2.05) is 4.90 Å². The third kappa shape index (κ3) is 6.20. The summed E-state index contributed by atoms with van der Waals surface area (Å²) in [4.78, 5) is 54.9. The van der Waals surface area contributed by atoms with Crippen LogP contribution >= 0.6 is 11.6 Å². The van der Waals surface area contributed by atoms with Gasteiger partial charge in [-0.15, -0.1) is 0 Å². The average molecular weight is 645 g/mol. The first-order valence-electron chi connectivity index (χ1n) is 14.1. The monoisotopic (exact) mass is 644 g/mol. The summed E-state index contributed by atoms with van der Waals surface area (Å²) in [6.07, 6.45) is 1.27. The maximum Gasteiger partial charge on any atom is 0.291 e. The Morgan fingerprint density at radius 3 is 2.36 bits per heavy atom. The zero-order valence-electron chi connectivity index (χ0n) is 24.4. The van der Waals surface area contributed by atoms with Gasteiger partial charge in [-0.2, -0.15) is 4.39 Å². The maximum absolute atomic E-state index is 14.6. The molecule has 3 fully saturated rings. The molecule has 0 spiro atoms. The fourth-order valence-electron chi connectivity index (χ4n) is 5.98. The molecule has 3 aliphatic heterocycles. The number of carbonyl (C=O) groups is 4. The van der Waals surface area contributed by atoms with E-state index in [-0.39, 0.29) is 57.6 Å². The molecule has 2 aromatic carbocycles. The number of hydrogen-bond donors (Lipinski definition) is 3. The third-order valence-electron chi connectivity index (χ3n) is 8.41. The standard InChI is InChI=1S/C29H29ClF2N6O4.CH2O2/c1-36-22(20-5-6-23(42-2)25(32)24(20)31)10-34-26(36)27(39)35-18-3-4-19(21(30)7-18)29(41)38-13-17(14-38)28(40)37-11-15-8-33-9-16(15)12-37;2-1-3/h3-7,10,15-17,33H,8-9,11-14H2,1-2H3,(H,35,39);1H,(H,2,3)/t15-,16+;. The topological polar surface area (TPSA) is 146 Å². The van der Waals surface area contributed by atoms with Crippen molar-refractivity contribution in [1.29, 1.82) is 0 Å². The fourth-order valence-corrected chi connectivity index (χ4v) is 6.24. The lowest BCUT2D eigenvalue weighted by Crippen LogP contribution is -2.56. The van der Waals surface area contributed by atoms with Crippen LogP contribution < -0.4 is 15.4 Å². The number of nitrogens with zero attached hydrogens (tertiary/aromatic N) is 4. The van der Waals surface area contributed by atoms with Crippen LogP contribution in [0.4, 0.5) is 14.5 Å². The van der Waals surface area contributed by atoms with Gasteiger partial charge >= 0.3 is 0 Å². The quantitative estimate of drug-likeness (QED) is 0.347. The molecule has 0 aliphatic carbocycles. The van der Waals surface area contributed by atoms with E-state index in [1.165, 1.54) is 49.2 Å². The molecule has 45 heavy (non-hydrogen) atoms. The normalized spacial score (nSPS) is 18.9. The van der Waals surface area contributed by atoms with E-state index >= 15 is 0 Å². The van der Waals surface area contributed by atoms with Crippen molar-refractivity contribution in [3.63, 3.8) is 0 Å². The van der Waals surface area contributed by atoms with Gasteiger partial charge in [-0.1, -0.05) is 11.6 Å². The van der Waals surface area contributed by atoms with Crippen LogP contribution in [-0.2, 0) is 16.6 Å². The molecule has 3 amide bonds. The van der Waals surface area contributed by atoms with E-state index in [0.717, 1.165) is 26.2 Å². The van der Waals surface area contributed by atoms with Gasteiger partial charge < -0.3 is 34.8 Å². The number of aromatic nitrogens is 2. The number of imidazole rings is 1. The van der Waals surface area contributed by atoms with E-state index < -0.39 is 17.5 Å². The number of nitrogens with one attached hydrogen (secondary N) is 2. The predicted octanol–water partition coefficient (Wildman–Crippen LogP) is 2.73. The summed E-state index contributed by atoms with van der Waals surface area (Å²) in [6, 6.07) is 7.15. The minimum Gasteiger partial charge on any atom is -0.494 e. The molecule has 12 nitrogen and oxygen atoms in total. The van der Waals surface area contributed by atoms with E-state index in [1.54, 1.807) is 11.0 Å². The van der Waals surface area contributed by atoms with Crippen molar-refractivity contribution in [2.24, 2.45) is 24.8 Å². The molecule has 238 valence electrons. The molecule has 15 heteroatoms. The minimum atomic E-state index is -1.14. The van der Waals surface area contributed by atoms with Gasteiger partial charge in [0.05, 0.1) is 35.5 Å². The van der Waals surface area contributed by atoms with Crippen LogP contribution in [0.3, 0.4) is 0 Å². The van der Waals surface area contributed by atoms with Crippen LogP contribution in [0.25, 0.3) is 11.3 Å². The SMILES string of the molecule is COc1ccc(-c2cnc(C(=O)Nc3ccc(C(=O)N4CC(C(=O)N5C[C@H]6CNC[C@H]6C5)C4)c(Cl)c3)n2C)c(F)c1F.O=CO. The Morgan fingerprint density at radius 1 is 1.07 bits per heavy atom. The van der Waals surface area contributed by atoms with Crippen molar-refractivity contribution < 1.29 is 37.8 Å². The van der Waals surface area contributed by atoms with E-state index in [4.69, 9.17) is 26.2 Å². The van der Waals surface area contributed by atoms with Gasteiger partial charge in [0.15, 0.2) is 17.4 Å². The number of likely N-dealkylation sites (tertiary alicyclic amines) is 2. The molecule has 1 aromatic heterocycles. The van der Waals surface area contributed by atoms with Crippen LogP contribution in [0, 0.1) is 29.4 Å². The van der Waals surface area contributed by atoms with Crippen LogP contribution in [-0.4, -0.2) is 95.0 Å². The van der Waals surface area contributed by atoms with Gasteiger partial charge in [0.1, 0.15) is 0 Å². The highest BCUT2D eigenvalue weighted by atomic mass is 35.5. The van der Waals surface area contributed by atoms with Crippen molar-refractivity contribution in [3.8, 4) is 17.0 Å². The van der Waals surface area contributed by atoms with Crippen LogP contribution in [0.2, 0.25) is 5.02 Å². The molecule has 2 atom stereocenters. The van der Waals surface area contributed by atoms with Gasteiger partial charge in [-0.3, -0.25) is 19.2 Å². The Hall–Kier alpha value is -4.56. The maximum atomic E-state index is 14.6. The first-order valence-corrected chi connectivity index (χ1v) is 14.5. The number of methoxy groups -OCH3 is 1. The number of carbonyl (C=O) groups excluding carboxylic acids is 3. The molecule has 3 aromatic rings. The number of carboxylic acid groups (broad SMARTS) is 1. The lowest BCUT2D eigenvalue weighted by molar-refractivity contribution is -0.139. The fraction of sp³-hybridized carbons (Fsp3) is 0.367. The first kappa shape index (κ1) is 31.9. The largest absolute Gasteiger partial charge is 0.494 e. The number of fused-ring (bicyclic) bond motifs is 1. The number of amides is 3. The second-order valence-electron chi connectivity index (χ2n) is 11.1. The summed E-state index contributed by atoms with van der Waals surface area (Å²) in [5, 5.41) is 13.1. The Bertz CT molecular complexity index is 1630. The second-order valence-corrected chi connectivity index (χ2v) is 11.5. The highest BCUT2D eigenvalue weighted by molar-refractivity contribution is 6.34. The van der Waals surface area contributed by atoms with Crippen molar-refractivity contribution in [2.45, 2.75) is 0 Å². The Balaban J connectivity index is 0.00000128. The third-order valence-corrected chi connectivity index (χ3v) is 8.72. The van der Waals surface area contributed by atoms with E-state index in [2.05, 4.69) is 15.6 Å². The second kappa shape index (κ2) is 13.2. The lowest BCUT2D eigenvalue weighted by atomic mass is 9.97. The summed E-state index contributed by atoms with van der Waals surface area (Å²) >= 11 is 6.42. The molecule has 4 heterocycles. The Morgan fingerprint density at radius 2 is 1.73 bits per heavy atom. The number of rotatable bonds is 6. The average Bonchev–Trinajstić information content (AvgIpc) is 3.69. The van der Waals surface area contributed by atoms with Crippen molar-refractivity contribution in [2.75, 3.05) is 51.7 Å². The summed E-state index contributed by atoms with van der Waals surface area (Å²) < 4.78 is 35.0. The molecule has 0 bridgehead atoms. The van der Waals surface area contributed by atoms with Crippen LogP contribution in [0.1, 0.15) is 21.0 Å². The number of benzene rings is 2. The molecule has 3 aliphatic rings. The smallest absolute Gasteiger partial charge is 0.291 e. The van der Waals surface area contributed by atoms with Crippen LogP contribution in [0.5, 0.6) is 5.75 Å². The summed E-state index contributed by atoms with van der Waals surface area (Å²) in [7, 11) is 2.74. The molecule has 0 radical (unpaired) electrons. The minimum absolute atomic E-state index is 0.0499. The Labute approximate surface area is 261 Å². The summed E-state index contributed by atoms with van der Waals surface area (Å²) in [5.41, 5.74) is 0.690. The summed E-state index contributed by atoms with van der Waals surface area (Å²) in [6.45, 7) is 3.89. The number of halogens is 3. The summed E-state index contributed by atoms with van der Waals surface area (Å²) in [5.74, 6) is -2.51. The first-order chi connectivity index (χ1) is 21.6. The molecular formula is C30H31ClF2N6O6. The van der Waals surface area contributed by atoms with E-state index in [0.29, 0.717) is 30.6 Å². The van der Waals surface area contributed by atoms with Gasteiger partial charge in [-0.05, 0) is 42.2 Å². The van der Waals surface area contributed by atoms with Gasteiger partial charge in [0, 0.05) is 57.6 Å². The molecule has 3 saturated heterocycles. The van der Waals surface area contributed by atoms with Gasteiger partial charge in [-0.25, -0.2) is 9.37 Å². The number of hydrogen-bond acceptors (Lipinski definition) is 7. The van der Waals surface area contributed by atoms with Gasteiger partial charge in [0.25, 0.3) is 18.3 Å². The molecule has 0 saturated carbocycles. The predicted molar refractivity (Wildman–Crippen MR) is 159 cm³/mol.